The second kappa shape index (κ2) is 12.7. The van der Waals surface area contributed by atoms with Crippen molar-refractivity contribution in [3.05, 3.63) is 29.3 Å². The van der Waals surface area contributed by atoms with Gasteiger partial charge in [0.15, 0.2) is 0 Å². The largest absolute Gasteiger partial charge is 0.490 e. The third-order valence-electron chi connectivity index (χ3n) is 8.84. The number of piperidine rings is 1. The predicted molar refractivity (Wildman–Crippen MR) is 139 cm³/mol. The standard InChI is InChI=1S/C19H22N2O4.C10H17F2NO/c22-17-9-8-16(18(23)20-17)21-11-12-10-14(6-7-15(12)19(21)24)25-13-4-2-1-3-5-13;11-10(12)14-9-3-1-7(2-4-9)8-5-13-6-8/h6-7,10,13,16H,1-5,8-9,11H2,(H,20,22,23);7-10,13H,1-6H2. The molecule has 2 aliphatic carbocycles. The summed E-state index contributed by atoms with van der Waals surface area (Å²) in [6.45, 7) is 0.0280. The van der Waals surface area contributed by atoms with Gasteiger partial charge in [0.25, 0.3) is 5.91 Å². The topological polar surface area (TPSA) is 97.0 Å². The number of imide groups is 1. The summed E-state index contributed by atoms with van der Waals surface area (Å²) in [6, 6.07) is 5.00. The van der Waals surface area contributed by atoms with Crippen molar-refractivity contribution in [2.45, 2.75) is 102 Å². The van der Waals surface area contributed by atoms with Crippen LogP contribution in [0.5, 0.6) is 5.75 Å². The summed E-state index contributed by atoms with van der Waals surface area (Å²) in [5, 5.41) is 5.57. The summed E-state index contributed by atoms with van der Waals surface area (Å²) in [7, 11) is 0. The van der Waals surface area contributed by atoms with Crippen LogP contribution in [0, 0.1) is 11.8 Å². The third kappa shape index (κ3) is 6.95. The lowest BCUT2D eigenvalue weighted by atomic mass is 9.76. The average molecular weight is 548 g/mol. The van der Waals surface area contributed by atoms with Gasteiger partial charge in [-0.15, -0.1) is 0 Å². The molecule has 3 aliphatic heterocycles. The van der Waals surface area contributed by atoms with Gasteiger partial charge in [-0.1, -0.05) is 6.42 Å². The number of alkyl halides is 2. The number of amides is 3. The van der Waals surface area contributed by atoms with Gasteiger partial charge in [0.2, 0.25) is 11.8 Å². The maximum atomic E-state index is 12.6. The van der Waals surface area contributed by atoms with Crippen molar-refractivity contribution in [1.82, 2.24) is 15.5 Å². The van der Waals surface area contributed by atoms with Crippen LogP contribution >= 0.6 is 0 Å². The Hall–Kier alpha value is -2.59. The number of fused-ring (bicyclic) bond motifs is 1. The molecule has 2 saturated heterocycles. The molecule has 39 heavy (non-hydrogen) atoms. The molecule has 1 unspecified atom stereocenters. The molecular formula is C29H39F2N3O5. The van der Waals surface area contributed by atoms with Gasteiger partial charge in [-0.05, 0) is 106 Å². The van der Waals surface area contributed by atoms with Crippen LogP contribution in [0.1, 0.15) is 86.6 Å². The fraction of sp³-hybridized carbons (Fsp3) is 0.690. The van der Waals surface area contributed by atoms with E-state index in [4.69, 9.17) is 4.74 Å². The lowest BCUT2D eigenvalue weighted by Crippen LogP contribution is -2.52. The number of rotatable bonds is 6. The molecule has 6 rings (SSSR count). The molecule has 1 atom stereocenters. The van der Waals surface area contributed by atoms with E-state index in [0.29, 0.717) is 18.5 Å². The van der Waals surface area contributed by atoms with E-state index in [1.54, 1.807) is 11.0 Å². The van der Waals surface area contributed by atoms with Gasteiger partial charge >= 0.3 is 6.61 Å². The quantitative estimate of drug-likeness (QED) is 0.519. The Bertz CT molecular complexity index is 1040. The molecule has 1 aromatic rings. The highest BCUT2D eigenvalue weighted by molar-refractivity contribution is 6.05. The van der Waals surface area contributed by atoms with Crippen molar-refractivity contribution in [3.8, 4) is 5.75 Å². The number of halogens is 2. The van der Waals surface area contributed by atoms with E-state index < -0.39 is 12.7 Å². The number of hydrogen-bond acceptors (Lipinski definition) is 6. The number of hydrogen-bond donors (Lipinski definition) is 2. The molecule has 4 fully saturated rings. The Kier molecular flexibility index (Phi) is 9.12. The molecule has 5 aliphatic rings. The predicted octanol–water partition coefficient (Wildman–Crippen LogP) is 4.16. The van der Waals surface area contributed by atoms with Crippen LogP contribution in [0.25, 0.3) is 0 Å². The van der Waals surface area contributed by atoms with Gasteiger partial charge < -0.3 is 19.7 Å². The molecule has 3 heterocycles. The molecule has 10 heteroatoms. The van der Waals surface area contributed by atoms with Crippen LogP contribution in [0.2, 0.25) is 0 Å². The van der Waals surface area contributed by atoms with E-state index in [2.05, 4.69) is 15.4 Å². The lowest BCUT2D eigenvalue weighted by Gasteiger charge is -2.38. The second-order valence-electron chi connectivity index (χ2n) is 11.4. The lowest BCUT2D eigenvalue weighted by molar-refractivity contribution is -0.172. The number of carbonyl (C=O) groups is 3. The van der Waals surface area contributed by atoms with Gasteiger partial charge in [0.1, 0.15) is 11.8 Å². The highest BCUT2D eigenvalue weighted by atomic mass is 19.3. The number of ether oxygens (including phenoxy) is 2. The molecule has 2 N–H and O–H groups in total. The minimum absolute atomic E-state index is 0.145. The fourth-order valence-corrected chi connectivity index (χ4v) is 6.49. The summed E-state index contributed by atoms with van der Waals surface area (Å²) in [6.07, 6.45) is 10.3. The Balaban J connectivity index is 0.000000186. The maximum absolute atomic E-state index is 12.6. The highest BCUT2D eigenvalue weighted by Crippen LogP contribution is 2.34. The van der Waals surface area contributed by atoms with Crippen LogP contribution in [-0.4, -0.2) is 60.6 Å². The summed E-state index contributed by atoms with van der Waals surface area (Å²) < 4.78 is 34.4. The zero-order chi connectivity index (χ0) is 27.4. The first-order chi connectivity index (χ1) is 18.9. The molecule has 0 spiro atoms. The molecule has 2 saturated carbocycles. The fourth-order valence-electron chi connectivity index (χ4n) is 6.49. The zero-order valence-electron chi connectivity index (χ0n) is 22.3. The summed E-state index contributed by atoms with van der Waals surface area (Å²) in [5.41, 5.74) is 1.52. The number of nitrogens with one attached hydrogen (secondary N) is 2. The molecule has 0 aromatic heterocycles. The van der Waals surface area contributed by atoms with Crippen molar-refractivity contribution in [2.75, 3.05) is 13.1 Å². The van der Waals surface area contributed by atoms with Crippen LogP contribution in [-0.2, 0) is 20.9 Å². The van der Waals surface area contributed by atoms with Gasteiger partial charge in [-0.3, -0.25) is 19.7 Å². The summed E-state index contributed by atoms with van der Waals surface area (Å²) in [4.78, 5) is 37.6. The molecule has 1 aromatic carbocycles. The second-order valence-corrected chi connectivity index (χ2v) is 11.4. The van der Waals surface area contributed by atoms with E-state index >= 15 is 0 Å². The third-order valence-corrected chi connectivity index (χ3v) is 8.84. The Labute approximate surface area is 228 Å². The Morgan fingerprint density at radius 2 is 1.62 bits per heavy atom. The van der Waals surface area contributed by atoms with Crippen LogP contribution in [0.15, 0.2) is 18.2 Å². The average Bonchev–Trinajstić information content (AvgIpc) is 3.20. The van der Waals surface area contributed by atoms with Crippen LogP contribution in [0.4, 0.5) is 8.78 Å². The van der Waals surface area contributed by atoms with Crippen LogP contribution in [0.3, 0.4) is 0 Å². The van der Waals surface area contributed by atoms with Crippen molar-refractivity contribution in [3.63, 3.8) is 0 Å². The van der Waals surface area contributed by atoms with Gasteiger partial charge in [-0.2, -0.15) is 8.78 Å². The van der Waals surface area contributed by atoms with Gasteiger partial charge in [0, 0.05) is 18.5 Å². The van der Waals surface area contributed by atoms with Crippen molar-refractivity contribution < 1.29 is 32.6 Å². The first-order valence-corrected chi connectivity index (χ1v) is 14.5. The smallest absolute Gasteiger partial charge is 0.345 e. The molecule has 214 valence electrons. The normalized spacial score (nSPS) is 27.9. The first kappa shape index (κ1) is 28.0. The maximum Gasteiger partial charge on any atom is 0.345 e. The molecule has 0 radical (unpaired) electrons. The molecule has 8 nitrogen and oxygen atoms in total. The zero-order valence-corrected chi connectivity index (χ0v) is 22.3. The molecule has 3 amide bonds. The minimum atomic E-state index is -2.60. The van der Waals surface area contributed by atoms with Gasteiger partial charge in [0.05, 0.1) is 12.2 Å². The summed E-state index contributed by atoms with van der Waals surface area (Å²) >= 11 is 0. The number of benzene rings is 1. The summed E-state index contributed by atoms with van der Waals surface area (Å²) in [5.74, 6) is 1.54. The van der Waals surface area contributed by atoms with E-state index in [0.717, 1.165) is 74.8 Å². The molecule has 0 bridgehead atoms. The van der Waals surface area contributed by atoms with E-state index in [1.165, 1.54) is 19.3 Å². The monoisotopic (exact) mass is 547 g/mol. The van der Waals surface area contributed by atoms with Crippen molar-refractivity contribution in [1.29, 1.82) is 0 Å². The number of nitrogens with zero attached hydrogens (tertiary/aromatic N) is 1. The number of carbonyl (C=O) groups excluding carboxylic acids is 3. The van der Waals surface area contributed by atoms with Crippen molar-refractivity contribution >= 4 is 17.7 Å². The SMILES string of the molecule is FC(F)OC1CCC(C2CNC2)CC1.O=C1CCC(N2Cc3cc(OC4CCCCC4)ccc3C2=O)C(=O)N1. The minimum Gasteiger partial charge on any atom is -0.490 e. The highest BCUT2D eigenvalue weighted by Gasteiger charge is 2.39. The Morgan fingerprint density at radius 3 is 2.26 bits per heavy atom. The van der Waals surface area contributed by atoms with Gasteiger partial charge in [-0.25, -0.2) is 0 Å². The van der Waals surface area contributed by atoms with E-state index in [1.807, 2.05) is 12.1 Å². The van der Waals surface area contributed by atoms with Crippen molar-refractivity contribution in [2.24, 2.45) is 11.8 Å². The van der Waals surface area contributed by atoms with E-state index in [-0.39, 0.29) is 36.4 Å². The first-order valence-electron chi connectivity index (χ1n) is 14.5. The molecular weight excluding hydrogens is 508 g/mol. The van der Waals surface area contributed by atoms with E-state index in [9.17, 15) is 23.2 Å². The van der Waals surface area contributed by atoms with Crippen LogP contribution < -0.4 is 15.4 Å². The Morgan fingerprint density at radius 1 is 0.872 bits per heavy atom.